The summed E-state index contributed by atoms with van der Waals surface area (Å²) in [5, 5.41) is 3.41. The highest BCUT2D eigenvalue weighted by atomic mass is 16.5. The van der Waals surface area contributed by atoms with Gasteiger partial charge in [-0.1, -0.05) is 31.2 Å². The van der Waals surface area contributed by atoms with Crippen molar-refractivity contribution in [3.63, 3.8) is 0 Å². The van der Waals surface area contributed by atoms with E-state index in [1.54, 1.807) is 7.11 Å². The van der Waals surface area contributed by atoms with Crippen molar-refractivity contribution in [3.8, 4) is 0 Å². The van der Waals surface area contributed by atoms with Crippen molar-refractivity contribution in [3.05, 3.63) is 35.4 Å². The molecular formula is C14H23NO. The van der Waals surface area contributed by atoms with Gasteiger partial charge >= 0.3 is 0 Å². The van der Waals surface area contributed by atoms with Gasteiger partial charge in [-0.05, 0) is 37.4 Å². The predicted molar refractivity (Wildman–Crippen MR) is 68.6 cm³/mol. The second-order valence-electron chi connectivity index (χ2n) is 4.38. The Morgan fingerprint density at radius 1 is 1.31 bits per heavy atom. The standard InChI is InChI=1S/C14H23NO/c1-11-7-5-6-8-13(11)14(15-3)12(2)9-10-16-4/h5-8,12,14-15H,9-10H2,1-4H3. The first kappa shape index (κ1) is 13.2. The third-order valence-corrected chi connectivity index (χ3v) is 3.18. The molecule has 0 heterocycles. The minimum Gasteiger partial charge on any atom is -0.385 e. The minimum absolute atomic E-state index is 0.413. The van der Waals surface area contributed by atoms with Crippen molar-refractivity contribution in [1.82, 2.24) is 5.32 Å². The Morgan fingerprint density at radius 2 is 2.00 bits per heavy atom. The van der Waals surface area contributed by atoms with Gasteiger partial charge in [0.15, 0.2) is 0 Å². The van der Waals surface area contributed by atoms with Crippen LogP contribution in [0.15, 0.2) is 24.3 Å². The second kappa shape index (κ2) is 6.66. The van der Waals surface area contributed by atoms with Gasteiger partial charge in [0, 0.05) is 19.8 Å². The van der Waals surface area contributed by atoms with E-state index in [9.17, 15) is 0 Å². The quantitative estimate of drug-likeness (QED) is 0.797. The summed E-state index contributed by atoms with van der Waals surface area (Å²) in [5.74, 6) is 0.575. The van der Waals surface area contributed by atoms with E-state index in [1.165, 1.54) is 11.1 Å². The van der Waals surface area contributed by atoms with Crippen LogP contribution in [0.2, 0.25) is 0 Å². The zero-order valence-electron chi connectivity index (χ0n) is 10.8. The van der Waals surface area contributed by atoms with Crippen LogP contribution in [0.4, 0.5) is 0 Å². The minimum atomic E-state index is 0.413. The second-order valence-corrected chi connectivity index (χ2v) is 4.38. The third kappa shape index (κ3) is 3.32. The average Bonchev–Trinajstić information content (AvgIpc) is 2.30. The van der Waals surface area contributed by atoms with Gasteiger partial charge in [-0.2, -0.15) is 0 Å². The van der Waals surface area contributed by atoms with Crippen molar-refractivity contribution >= 4 is 0 Å². The van der Waals surface area contributed by atoms with Crippen LogP contribution in [0.5, 0.6) is 0 Å². The molecule has 0 fully saturated rings. The van der Waals surface area contributed by atoms with E-state index in [1.807, 2.05) is 7.05 Å². The molecule has 0 saturated carbocycles. The average molecular weight is 221 g/mol. The predicted octanol–water partition coefficient (Wildman–Crippen LogP) is 2.93. The van der Waals surface area contributed by atoms with Crippen LogP contribution < -0.4 is 5.32 Å². The molecule has 0 radical (unpaired) electrons. The molecule has 0 spiro atoms. The number of ether oxygens (including phenoxy) is 1. The summed E-state index contributed by atoms with van der Waals surface area (Å²) >= 11 is 0. The molecule has 0 bridgehead atoms. The van der Waals surface area contributed by atoms with E-state index < -0.39 is 0 Å². The van der Waals surface area contributed by atoms with Crippen LogP contribution in [0.1, 0.15) is 30.5 Å². The lowest BCUT2D eigenvalue weighted by Crippen LogP contribution is -2.25. The highest BCUT2D eigenvalue weighted by Gasteiger charge is 2.18. The van der Waals surface area contributed by atoms with E-state index in [0.717, 1.165) is 13.0 Å². The summed E-state index contributed by atoms with van der Waals surface area (Å²) in [4.78, 5) is 0. The van der Waals surface area contributed by atoms with Crippen molar-refractivity contribution in [2.45, 2.75) is 26.3 Å². The number of nitrogens with one attached hydrogen (secondary N) is 1. The molecule has 2 nitrogen and oxygen atoms in total. The van der Waals surface area contributed by atoms with E-state index in [0.29, 0.717) is 12.0 Å². The van der Waals surface area contributed by atoms with Crippen LogP contribution in [0.25, 0.3) is 0 Å². The van der Waals surface area contributed by atoms with Crippen molar-refractivity contribution in [2.24, 2.45) is 5.92 Å². The Kier molecular flexibility index (Phi) is 5.50. The topological polar surface area (TPSA) is 21.3 Å². The van der Waals surface area contributed by atoms with Gasteiger partial charge in [0.05, 0.1) is 0 Å². The van der Waals surface area contributed by atoms with E-state index in [-0.39, 0.29) is 0 Å². The molecule has 0 aliphatic heterocycles. The molecule has 2 atom stereocenters. The number of methoxy groups -OCH3 is 1. The van der Waals surface area contributed by atoms with Crippen LogP contribution >= 0.6 is 0 Å². The Balaban J connectivity index is 2.77. The van der Waals surface area contributed by atoms with Crippen molar-refractivity contribution < 1.29 is 4.74 Å². The van der Waals surface area contributed by atoms with Crippen LogP contribution in [-0.4, -0.2) is 20.8 Å². The molecular weight excluding hydrogens is 198 g/mol. The lowest BCUT2D eigenvalue weighted by Gasteiger charge is -2.25. The molecule has 16 heavy (non-hydrogen) atoms. The first-order chi connectivity index (χ1) is 7.70. The zero-order chi connectivity index (χ0) is 12.0. The fourth-order valence-corrected chi connectivity index (χ4v) is 2.15. The normalized spacial score (nSPS) is 14.8. The fourth-order valence-electron chi connectivity index (χ4n) is 2.15. The van der Waals surface area contributed by atoms with Gasteiger partial charge in [0.2, 0.25) is 0 Å². The number of aryl methyl sites for hydroxylation is 1. The van der Waals surface area contributed by atoms with Crippen LogP contribution in [0, 0.1) is 12.8 Å². The Morgan fingerprint density at radius 3 is 2.56 bits per heavy atom. The van der Waals surface area contributed by atoms with Crippen LogP contribution in [-0.2, 0) is 4.74 Å². The van der Waals surface area contributed by atoms with Gasteiger partial charge in [0.1, 0.15) is 0 Å². The molecule has 0 aliphatic rings. The summed E-state index contributed by atoms with van der Waals surface area (Å²) in [5.41, 5.74) is 2.75. The molecule has 0 aromatic heterocycles. The van der Waals surface area contributed by atoms with Gasteiger partial charge in [-0.3, -0.25) is 0 Å². The lowest BCUT2D eigenvalue weighted by atomic mass is 9.90. The van der Waals surface area contributed by atoms with Crippen LogP contribution in [0.3, 0.4) is 0 Å². The lowest BCUT2D eigenvalue weighted by molar-refractivity contribution is 0.171. The van der Waals surface area contributed by atoms with Gasteiger partial charge in [-0.25, -0.2) is 0 Å². The van der Waals surface area contributed by atoms with Gasteiger partial charge in [0.25, 0.3) is 0 Å². The van der Waals surface area contributed by atoms with Crippen molar-refractivity contribution in [1.29, 1.82) is 0 Å². The first-order valence-electron chi connectivity index (χ1n) is 5.92. The maximum Gasteiger partial charge on any atom is 0.0465 e. The maximum absolute atomic E-state index is 5.15. The Hall–Kier alpha value is -0.860. The Labute approximate surface area is 99.0 Å². The zero-order valence-corrected chi connectivity index (χ0v) is 10.8. The molecule has 1 rings (SSSR count). The smallest absolute Gasteiger partial charge is 0.0465 e. The summed E-state index contributed by atoms with van der Waals surface area (Å²) in [7, 11) is 3.79. The van der Waals surface area contributed by atoms with Gasteiger partial charge in [-0.15, -0.1) is 0 Å². The van der Waals surface area contributed by atoms with Gasteiger partial charge < -0.3 is 10.1 Å². The SMILES string of the molecule is CNC(c1ccccc1C)C(C)CCOC. The molecule has 0 saturated heterocycles. The first-order valence-corrected chi connectivity index (χ1v) is 5.92. The number of rotatable bonds is 6. The number of hydrogen-bond donors (Lipinski definition) is 1. The summed E-state index contributed by atoms with van der Waals surface area (Å²) in [6.45, 7) is 5.26. The molecule has 2 unspecified atom stereocenters. The largest absolute Gasteiger partial charge is 0.385 e. The van der Waals surface area contributed by atoms with E-state index in [2.05, 4.69) is 43.4 Å². The molecule has 2 heteroatoms. The maximum atomic E-state index is 5.15. The summed E-state index contributed by atoms with van der Waals surface area (Å²) < 4.78 is 5.15. The third-order valence-electron chi connectivity index (χ3n) is 3.18. The monoisotopic (exact) mass is 221 g/mol. The molecule has 90 valence electrons. The van der Waals surface area contributed by atoms with E-state index >= 15 is 0 Å². The molecule has 1 aromatic rings. The molecule has 1 N–H and O–H groups in total. The highest BCUT2D eigenvalue weighted by molar-refractivity contribution is 5.29. The fraction of sp³-hybridized carbons (Fsp3) is 0.571. The number of benzene rings is 1. The molecule has 0 amide bonds. The Bertz CT molecular complexity index is 311. The number of hydrogen-bond acceptors (Lipinski definition) is 2. The molecule has 0 aliphatic carbocycles. The van der Waals surface area contributed by atoms with Crippen molar-refractivity contribution in [2.75, 3.05) is 20.8 Å². The van der Waals surface area contributed by atoms with E-state index in [4.69, 9.17) is 4.74 Å². The molecule has 1 aromatic carbocycles. The highest BCUT2D eigenvalue weighted by Crippen LogP contribution is 2.26. The summed E-state index contributed by atoms with van der Waals surface area (Å²) in [6.07, 6.45) is 1.08. The summed E-state index contributed by atoms with van der Waals surface area (Å²) in [6, 6.07) is 8.99.